The molecule has 11 heteroatoms. The van der Waals surface area contributed by atoms with Gasteiger partial charge in [0.1, 0.15) is 22.9 Å². The molecule has 1 saturated carbocycles. The van der Waals surface area contributed by atoms with E-state index in [1.165, 1.54) is 30.8 Å². The van der Waals surface area contributed by atoms with Crippen molar-refractivity contribution in [3.63, 3.8) is 0 Å². The predicted octanol–water partition coefficient (Wildman–Crippen LogP) is 4.53. The van der Waals surface area contributed by atoms with Gasteiger partial charge in [0.2, 0.25) is 0 Å². The number of anilines is 1. The lowest BCUT2D eigenvalue weighted by atomic mass is 10.1. The second kappa shape index (κ2) is 8.12. The van der Waals surface area contributed by atoms with Gasteiger partial charge in [-0.1, -0.05) is 12.1 Å². The lowest BCUT2D eigenvalue weighted by molar-refractivity contribution is 0.0654. The van der Waals surface area contributed by atoms with Crippen LogP contribution in [0.25, 0.3) is 10.9 Å². The van der Waals surface area contributed by atoms with Gasteiger partial charge >= 0.3 is 0 Å². The Kier molecular flexibility index (Phi) is 5.71. The van der Waals surface area contributed by atoms with E-state index in [2.05, 4.69) is 19.6 Å². The van der Waals surface area contributed by atoms with Crippen LogP contribution in [0.5, 0.6) is 0 Å². The number of nitrogens with one attached hydrogen (secondary N) is 1. The normalized spacial score (nSPS) is 16.1. The minimum absolute atomic E-state index is 0.0127. The first kappa shape index (κ1) is 23.2. The summed E-state index contributed by atoms with van der Waals surface area (Å²) in [5.74, 6) is 0.0427. The molecule has 0 aliphatic heterocycles. The molecule has 0 saturated heterocycles. The third-order valence-corrected chi connectivity index (χ3v) is 6.27. The summed E-state index contributed by atoms with van der Waals surface area (Å²) in [5, 5.41) is 3.49. The van der Waals surface area contributed by atoms with Gasteiger partial charge in [0, 0.05) is 40.1 Å². The van der Waals surface area contributed by atoms with E-state index in [9.17, 15) is 17.8 Å². The SMILES string of the molecule is Cc1nc(N[C@H](C)c2cccc(N=S(C)(C)=O)c2F)c2cn(C3(C(F)F)CC3)c(=O)cc2n1. The van der Waals surface area contributed by atoms with E-state index >= 15 is 4.39 Å². The largest absolute Gasteiger partial charge is 0.363 e. The molecule has 33 heavy (non-hydrogen) atoms. The third kappa shape index (κ3) is 4.46. The summed E-state index contributed by atoms with van der Waals surface area (Å²) in [4.78, 5) is 21.2. The fourth-order valence-corrected chi connectivity index (χ4v) is 4.45. The second-order valence-electron chi connectivity index (χ2n) is 8.62. The number of fused-ring (bicyclic) bond motifs is 1. The monoisotopic (exact) mass is 479 g/mol. The van der Waals surface area contributed by atoms with Gasteiger partial charge in [-0.25, -0.2) is 27.3 Å². The Hall–Kier alpha value is -2.95. The van der Waals surface area contributed by atoms with Crippen LogP contribution in [0, 0.1) is 12.7 Å². The zero-order valence-electron chi connectivity index (χ0n) is 18.6. The summed E-state index contributed by atoms with van der Waals surface area (Å²) in [6, 6.07) is 5.25. The topological polar surface area (TPSA) is 89.2 Å². The Balaban J connectivity index is 1.79. The Bertz CT molecular complexity index is 1420. The zero-order chi connectivity index (χ0) is 24.1. The van der Waals surface area contributed by atoms with Crippen LogP contribution in [0.3, 0.4) is 0 Å². The van der Waals surface area contributed by atoms with Gasteiger partial charge in [-0.3, -0.25) is 4.79 Å². The number of nitrogens with zero attached hydrogens (tertiary/aromatic N) is 4. The number of hydrogen-bond donors (Lipinski definition) is 1. The molecule has 4 rings (SSSR count). The molecule has 3 aromatic rings. The molecule has 0 unspecified atom stereocenters. The van der Waals surface area contributed by atoms with E-state index in [1.54, 1.807) is 26.0 Å². The van der Waals surface area contributed by atoms with Gasteiger partial charge in [0.15, 0.2) is 5.82 Å². The maximum absolute atomic E-state index is 15.1. The van der Waals surface area contributed by atoms with Crippen LogP contribution in [-0.2, 0) is 15.3 Å². The molecule has 1 fully saturated rings. The minimum atomic E-state index is -2.68. The first-order chi connectivity index (χ1) is 15.4. The highest BCUT2D eigenvalue weighted by molar-refractivity contribution is 7.92. The van der Waals surface area contributed by atoms with Crippen LogP contribution in [0.2, 0.25) is 0 Å². The molecular formula is C22H24F3N5O2S. The lowest BCUT2D eigenvalue weighted by Gasteiger charge is -2.21. The molecule has 1 aliphatic carbocycles. The molecular weight excluding hydrogens is 455 g/mol. The van der Waals surface area contributed by atoms with Crippen LogP contribution in [0.1, 0.15) is 37.2 Å². The Morgan fingerprint density at radius 1 is 1.24 bits per heavy atom. The van der Waals surface area contributed by atoms with Gasteiger partial charge < -0.3 is 9.88 Å². The van der Waals surface area contributed by atoms with E-state index in [0.717, 1.165) is 4.57 Å². The highest BCUT2D eigenvalue weighted by atomic mass is 32.2. The smallest absolute Gasteiger partial charge is 0.261 e. The van der Waals surface area contributed by atoms with Crippen LogP contribution < -0.4 is 10.9 Å². The summed E-state index contributed by atoms with van der Waals surface area (Å²) < 4.78 is 59.5. The number of hydrogen-bond acceptors (Lipinski definition) is 6. The van der Waals surface area contributed by atoms with Gasteiger partial charge in [0.25, 0.3) is 12.0 Å². The maximum atomic E-state index is 15.1. The molecule has 0 radical (unpaired) electrons. The van der Waals surface area contributed by atoms with Gasteiger partial charge in [-0.2, -0.15) is 4.36 Å². The molecule has 1 aromatic carbocycles. The van der Waals surface area contributed by atoms with Gasteiger partial charge in [-0.05, 0) is 32.8 Å². The highest BCUT2D eigenvalue weighted by Crippen LogP contribution is 2.48. The molecule has 1 N–H and O–H groups in total. The van der Waals surface area contributed by atoms with Crippen LogP contribution in [-0.4, -0.2) is 37.7 Å². The average Bonchev–Trinajstić information content (AvgIpc) is 3.50. The minimum Gasteiger partial charge on any atom is -0.363 e. The van der Waals surface area contributed by atoms with Crippen molar-refractivity contribution in [2.75, 3.05) is 17.8 Å². The number of rotatable bonds is 6. The predicted molar refractivity (Wildman–Crippen MR) is 122 cm³/mol. The molecule has 0 amide bonds. The summed E-state index contributed by atoms with van der Waals surface area (Å²) in [7, 11) is -2.56. The Morgan fingerprint density at radius 3 is 2.55 bits per heavy atom. The standard InChI is InChI=1S/C22H24F3N5O2S/c1-12(14-6-5-7-16(19(14)23)29-33(3,4)32)26-20-15-11-30(22(8-9-22)21(24)25)18(31)10-17(15)27-13(2)28-20/h5-7,10-12,21H,8-9H2,1-4H3,(H,26,27,28)/t12-/m1/s1. The van der Waals surface area contributed by atoms with E-state index in [1.807, 2.05) is 0 Å². The Morgan fingerprint density at radius 2 is 1.94 bits per heavy atom. The number of aromatic nitrogens is 3. The van der Waals surface area contributed by atoms with Crippen LogP contribution >= 0.6 is 0 Å². The van der Waals surface area contributed by atoms with Crippen molar-refractivity contribution in [3.8, 4) is 0 Å². The molecule has 1 atom stereocenters. The molecule has 176 valence electrons. The van der Waals surface area contributed by atoms with Crippen molar-refractivity contribution in [1.29, 1.82) is 0 Å². The highest BCUT2D eigenvalue weighted by Gasteiger charge is 2.53. The fourth-order valence-electron chi connectivity index (χ4n) is 3.83. The first-order valence-corrected chi connectivity index (χ1v) is 12.7. The molecule has 7 nitrogen and oxygen atoms in total. The molecule has 0 spiro atoms. The number of alkyl halides is 2. The molecule has 2 aromatic heterocycles. The van der Waals surface area contributed by atoms with Crippen molar-refractivity contribution >= 4 is 32.1 Å². The quantitative estimate of drug-likeness (QED) is 0.561. The molecule has 1 aliphatic rings. The number of halogens is 3. The fraction of sp³-hybridized carbons (Fsp3) is 0.409. The summed E-state index contributed by atoms with van der Waals surface area (Å²) in [6.45, 7) is 3.35. The van der Waals surface area contributed by atoms with Gasteiger partial charge in [-0.15, -0.1) is 0 Å². The number of pyridine rings is 1. The zero-order valence-corrected chi connectivity index (χ0v) is 19.4. The van der Waals surface area contributed by atoms with Crippen molar-refractivity contribution in [2.45, 2.75) is 44.7 Å². The molecule has 2 heterocycles. The van der Waals surface area contributed by atoms with Crippen molar-refractivity contribution in [3.05, 3.63) is 58.0 Å². The lowest BCUT2D eigenvalue weighted by Crippen LogP contribution is -2.35. The molecule has 0 bridgehead atoms. The first-order valence-electron chi connectivity index (χ1n) is 10.3. The van der Waals surface area contributed by atoms with Gasteiger partial charge in [0.05, 0.1) is 16.9 Å². The summed E-state index contributed by atoms with van der Waals surface area (Å²) in [5.41, 5.74) is -1.50. The van der Waals surface area contributed by atoms with Crippen molar-refractivity contribution in [2.24, 2.45) is 4.36 Å². The van der Waals surface area contributed by atoms with E-state index in [4.69, 9.17) is 0 Å². The maximum Gasteiger partial charge on any atom is 0.261 e. The van der Waals surface area contributed by atoms with E-state index in [0.29, 0.717) is 22.5 Å². The number of aryl methyl sites for hydroxylation is 1. The Labute approximate surface area is 189 Å². The van der Waals surface area contributed by atoms with Crippen molar-refractivity contribution in [1.82, 2.24) is 14.5 Å². The second-order valence-corrected chi connectivity index (χ2v) is 11.2. The third-order valence-electron chi connectivity index (χ3n) is 5.64. The van der Waals surface area contributed by atoms with Crippen LogP contribution in [0.4, 0.5) is 24.7 Å². The average molecular weight is 480 g/mol. The summed E-state index contributed by atoms with van der Waals surface area (Å²) >= 11 is 0. The van der Waals surface area contributed by atoms with Crippen molar-refractivity contribution < 1.29 is 17.4 Å². The summed E-state index contributed by atoms with van der Waals surface area (Å²) in [6.07, 6.45) is 1.94. The number of benzene rings is 1. The van der Waals surface area contributed by atoms with E-state index in [-0.39, 0.29) is 24.1 Å². The van der Waals surface area contributed by atoms with Crippen LogP contribution in [0.15, 0.2) is 39.6 Å². The van der Waals surface area contributed by atoms with E-state index < -0.39 is 39.1 Å².